The van der Waals surface area contributed by atoms with Gasteiger partial charge in [0.1, 0.15) is 5.82 Å². The molecule has 1 aliphatic rings. The molecule has 7 nitrogen and oxygen atoms in total. The summed E-state index contributed by atoms with van der Waals surface area (Å²) in [6.07, 6.45) is 3.61. The summed E-state index contributed by atoms with van der Waals surface area (Å²) in [6.45, 7) is 3.82. The molecule has 3 heterocycles. The summed E-state index contributed by atoms with van der Waals surface area (Å²) in [5.41, 5.74) is 5.79. The summed E-state index contributed by atoms with van der Waals surface area (Å²) in [4.78, 5) is 19.3. The maximum Gasteiger partial charge on any atom is 0.231 e. The number of aromatic nitrogens is 5. The van der Waals surface area contributed by atoms with E-state index in [9.17, 15) is 0 Å². The van der Waals surface area contributed by atoms with Crippen LogP contribution >= 0.6 is 23.3 Å². The molecule has 0 unspecified atom stereocenters. The molecular formula is C11H15N7S2. The molecule has 2 aromatic heterocycles. The number of nitrogens with two attached hydrogens (primary N) is 1. The number of nitrogen functional groups attached to an aromatic ring is 1. The number of piperidine rings is 1. The van der Waals surface area contributed by atoms with Crippen molar-refractivity contribution in [1.82, 2.24) is 24.3 Å². The van der Waals surface area contributed by atoms with Crippen molar-refractivity contribution in [3.8, 4) is 0 Å². The van der Waals surface area contributed by atoms with E-state index in [0.717, 1.165) is 23.3 Å². The molecule has 0 spiro atoms. The first-order valence-corrected chi connectivity index (χ1v) is 8.04. The van der Waals surface area contributed by atoms with Gasteiger partial charge in [0.05, 0.1) is 0 Å². The molecule has 2 aromatic rings. The van der Waals surface area contributed by atoms with Gasteiger partial charge in [-0.2, -0.15) is 19.3 Å². The number of rotatable bonds is 3. The minimum absolute atomic E-state index is 0.254. The fourth-order valence-electron chi connectivity index (χ4n) is 2.04. The van der Waals surface area contributed by atoms with Crippen LogP contribution in [0.15, 0.2) is 9.50 Å². The predicted molar refractivity (Wildman–Crippen MR) is 79.1 cm³/mol. The van der Waals surface area contributed by atoms with Gasteiger partial charge in [0, 0.05) is 13.1 Å². The van der Waals surface area contributed by atoms with Crippen molar-refractivity contribution >= 4 is 35.2 Å². The number of hydrogen-bond acceptors (Lipinski definition) is 9. The first kappa shape index (κ1) is 13.5. The van der Waals surface area contributed by atoms with Crippen molar-refractivity contribution in [3.63, 3.8) is 0 Å². The molecule has 0 aromatic carbocycles. The molecule has 0 radical (unpaired) electrons. The zero-order valence-corrected chi connectivity index (χ0v) is 12.7. The molecule has 2 N–H and O–H groups in total. The molecule has 1 aliphatic heterocycles. The summed E-state index contributed by atoms with van der Waals surface area (Å²) in [6, 6.07) is 0. The van der Waals surface area contributed by atoms with Crippen LogP contribution in [0.2, 0.25) is 0 Å². The SMILES string of the molecule is Cc1nsc(Sc2nc(N)nc(N3CCCCC3)n2)n1. The average Bonchev–Trinajstić information content (AvgIpc) is 2.84. The molecule has 9 heteroatoms. The first-order chi connectivity index (χ1) is 9.70. The van der Waals surface area contributed by atoms with Crippen LogP contribution in [0.1, 0.15) is 25.1 Å². The molecule has 1 saturated heterocycles. The topological polar surface area (TPSA) is 93.7 Å². The zero-order chi connectivity index (χ0) is 13.9. The van der Waals surface area contributed by atoms with E-state index < -0.39 is 0 Å². The van der Waals surface area contributed by atoms with Crippen LogP contribution in [-0.4, -0.2) is 37.4 Å². The number of nitrogens with zero attached hydrogens (tertiary/aromatic N) is 6. The third-order valence-corrected chi connectivity index (χ3v) is 4.65. The van der Waals surface area contributed by atoms with Crippen molar-refractivity contribution < 1.29 is 0 Å². The van der Waals surface area contributed by atoms with Gasteiger partial charge in [-0.3, -0.25) is 0 Å². The Kier molecular flexibility index (Phi) is 3.97. The van der Waals surface area contributed by atoms with E-state index in [4.69, 9.17) is 5.73 Å². The van der Waals surface area contributed by atoms with Crippen molar-refractivity contribution in [2.75, 3.05) is 23.7 Å². The van der Waals surface area contributed by atoms with E-state index in [1.807, 2.05) is 6.92 Å². The van der Waals surface area contributed by atoms with Gasteiger partial charge in [-0.15, -0.1) is 0 Å². The Morgan fingerprint density at radius 3 is 2.60 bits per heavy atom. The highest BCUT2D eigenvalue weighted by Crippen LogP contribution is 2.28. The Hall–Kier alpha value is -1.48. The van der Waals surface area contributed by atoms with E-state index in [1.165, 1.54) is 42.6 Å². The third kappa shape index (κ3) is 3.15. The second-order valence-corrected chi connectivity index (χ2v) is 6.50. The average molecular weight is 309 g/mol. The largest absolute Gasteiger partial charge is 0.368 e. The van der Waals surface area contributed by atoms with Gasteiger partial charge in [-0.05, 0) is 49.5 Å². The van der Waals surface area contributed by atoms with Gasteiger partial charge in [0.2, 0.25) is 17.1 Å². The molecule has 0 aliphatic carbocycles. The summed E-state index contributed by atoms with van der Waals surface area (Å²) in [5.74, 6) is 1.68. The van der Waals surface area contributed by atoms with Gasteiger partial charge >= 0.3 is 0 Å². The summed E-state index contributed by atoms with van der Waals surface area (Å²) >= 11 is 2.72. The highest BCUT2D eigenvalue weighted by atomic mass is 32.2. The Labute approximate surface area is 125 Å². The first-order valence-electron chi connectivity index (χ1n) is 6.45. The Morgan fingerprint density at radius 2 is 1.90 bits per heavy atom. The zero-order valence-electron chi connectivity index (χ0n) is 11.1. The van der Waals surface area contributed by atoms with Crippen LogP contribution in [0.4, 0.5) is 11.9 Å². The quantitative estimate of drug-likeness (QED) is 0.916. The number of aryl methyl sites for hydroxylation is 1. The highest BCUT2D eigenvalue weighted by Gasteiger charge is 2.16. The van der Waals surface area contributed by atoms with Crippen LogP contribution in [0.25, 0.3) is 0 Å². The molecule has 3 rings (SSSR count). The Bertz CT molecular complexity index is 594. The van der Waals surface area contributed by atoms with E-state index in [2.05, 4.69) is 29.2 Å². The Morgan fingerprint density at radius 1 is 1.10 bits per heavy atom. The minimum atomic E-state index is 0.254. The predicted octanol–water partition coefficient (Wildman–Crippen LogP) is 1.76. The molecule has 20 heavy (non-hydrogen) atoms. The minimum Gasteiger partial charge on any atom is -0.368 e. The lowest BCUT2D eigenvalue weighted by Gasteiger charge is -2.26. The number of anilines is 2. The van der Waals surface area contributed by atoms with E-state index in [1.54, 1.807) is 0 Å². The molecular weight excluding hydrogens is 294 g/mol. The summed E-state index contributed by atoms with van der Waals surface area (Å²) in [7, 11) is 0. The summed E-state index contributed by atoms with van der Waals surface area (Å²) < 4.78 is 4.96. The maximum atomic E-state index is 5.79. The van der Waals surface area contributed by atoms with Gasteiger partial charge in [0.25, 0.3) is 0 Å². The standard InChI is InChI=1S/C11H15N7S2/c1-7-13-11(20-17-7)19-10-15-8(12)14-9(16-10)18-5-3-2-4-6-18/h2-6H2,1H3,(H2,12,14,15,16). The van der Waals surface area contributed by atoms with Crippen LogP contribution in [0, 0.1) is 6.92 Å². The van der Waals surface area contributed by atoms with Crippen molar-refractivity contribution in [2.45, 2.75) is 35.7 Å². The van der Waals surface area contributed by atoms with E-state index in [-0.39, 0.29) is 5.95 Å². The van der Waals surface area contributed by atoms with E-state index in [0.29, 0.717) is 11.1 Å². The van der Waals surface area contributed by atoms with Crippen LogP contribution < -0.4 is 10.6 Å². The second kappa shape index (κ2) is 5.88. The monoisotopic (exact) mass is 309 g/mol. The lowest BCUT2D eigenvalue weighted by Crippen LogP contribution is -2.31. The maximum absolute atomic E-state index is 5.79. The van der Waals surface area contributed by atoms with Crippen molar-refractivity contribution in [1.29, 1.82) is 0 Å². The fourth-order valence-corrected chi connectivity index (χ4v) is 3.55. The van der Waals surface area contributed by atoms with Gasteiger partial charge in [-0.1, -0.05) is 0 Å². The van der Waals surface area contributed by atoms with Crippen LogP contribution in [0.3, 0.4) is 0 Å². The van der Waals surface area contributed by atoms with E-state index >= 15 is 0 Å². The van der Waals surface area contributed by atoms with Crippen LogP contribution in [0.5, 0.6) is 0 Å². The molecule has 0 atom stereocenters. The van der Waals surface area contributed by atoms with Crippen molar-refractivity contribution in [3.05, 3.63) is 5.82 Å². The second-order valence-electron chi connectivity index (χ2n) is 4.53. The lowest BCUT2D eigenvalue weighted by molar-refractivity contribution is 0.565. The fraction of sp³-hybridized carbons (Fsp3) is 0.545. The molecule has 1 fully saturated rings. The summed E-state index contributed by atoms with van der Waals surface area (Å²) in [5, 5.41) is 0.578. The third-order valence-electron chi connectivity index (χ3n) is 2.95. The van der Waals surface area contributed by atoms with Crippen LogP contribution in [-0.2, 0) is 0 Å². The smallest absolute Gasteiger partial charge is 0.231 e. The molecule has 106 valence electrons. The molecule has 0 bridgehead atoms. The number of hydrogen-bond donors (Lipinski definition) is 1. The lowest BCUT2D eigenvalue weighted by atomic mass is 10.1. The van der Waals surface area contributed by atoms with Gasteiger partial charge in [0.15, 0.2) is 4.34 Å². The van der Waals surface area contributed by atoms with Gasteiger partial charge < -0.3 is 10.6 Å². The van der Waals surface area contributed by atoms with Gasteiger partial charge in [-0.25, -0.2) is 4.98 Å². The molecule has 0 saturated carbocycles. The van der Waals surface area contributed by atoms with Crippen molar-refractivity contribution in [2.24, 2.45) is 0 Å². The molecule has 0 amide bonds. The Balaban J connectivity index is 1.82. The highest BCUT2D eigenvalue weighted by molar-refractivity contribution is 8.00. The normalized spacial score (nSPS) is 15.6.